The average molecular weight is 303 g/mol. The summed E-state index contributed by atoms with van der Waals surface area (Å²) in [5.41, 5.74) is 0. The van der Waals surface area contributed by atoms with E-state index < -0.39 is 10.2 Å². The predicted octanol–water partition coefficient (Wildman–Crippen LogP) is -0.359. The molecule has 94 valence electrons. The molecule has 2 heterocycles. The van der Waals surface area contributed by atoms with Crippen LogP contribution < -0.4 is 18.6 Å². The highest BCUT2D eigenvalue weighted by molar-refractivity contribution is 7.40. The highest BCUT2D eigenvalue weighted by Crippen LogP contribution is 2.35. The van der Waals surface area contributed by atoms with E-state index >= 15 is 0 Å². The molecule has 0 N–H and O–H groups in total. The Kier molecular flexibility index (Phi) is 4.08. The molecular formula is C11H7ClO4S2. The van der Waals surface area contributed by atoms with Gasteiger partial charge < -0.3 is 0 Å². The smallest absolute Gasteiger partial charge is 0.222 e. The minimum Gasteiger partial charge on any atom is -0.222 e. The van der Waals surface area contributed by atoms with Crippen molar-refractivity contribution in [3.05, 3.63) is 41.8 Å². The summed E-state index contributed by atoms with van der Waals surface area (Å²) >= 11 is 3.70. The number of hydrogen-bond acceptors (Lipinski definition) is 5. The van der Waals surface area contributed by atoms with Crippen molar-refractivity contribution in [3.63, 3.8) is 0 Å². The molecule has 0 saturated heterocycles. The van der Waals surface area contributed by atoms with E-state index in [1.54, 1.807) is 0 Å². The van der Waals surface area contributed by atoms with E-state index in [1.165, 1.54) is 19.5 Å². The number of rotatable bonds is 0. The van der Waals surface area contributed by atoms with Gasteiger partial charge in [-0.25, -0.2) is 18.6 Å². The summed E-state index contributed by atoms with van der Waals surface area (Å²) in [6.45, 7) is 0. The third-order valence-electron chi connectivity index (χ3n) is 2.12. The van der Waals surface area contributed by atoms with Crippen LogP contribution >= 0.6 is 22.7 Å². The molecule has 0 bridgehead atoms. The molecule has 0 aliphatic heterocycles. The van der Waals surface area contributed by atoms with Crippen LogP contribution in [-0.2, 0) is 0 Å². The van der Waals surface area contributed by atoms with Gasteiger partial charge in [0, 0.05) is 5.39 Å². The Balaban J connectivity index is 0.000000209. The van der Waals surface area contributed by atoms with Crippen LogP contribution in [0.5, 0.6) is 0 Å². The Hall–Kier alpha value is -0.860. The van der Waals surface area contributed by atoms with E-state index in [4.69, 9.17) is 18.6 Å². The summed E-state index contributed by atoms with van der Waals surface area (Å²) in [5.74, 6) is 0. The molecule has 3 aromatic rings. The van der Waals surface area contributed by atoms with E-state index in [-0.39, 0.29) is 0 Å². The van der Waals surface area contributed by atoms with Gasteiger partial charge in [-0.15, -0.1) is 10.2 Å². The van der Waals surface area contributed by atoms with Crippen LogP contribution in [0.15, 0.2) is 41.8 Å². The first-order valence-electron chi connectivity index (χ1n) is 4.75. The Bertz CT molecular complexity index is 606. The highest BCUT2D eigenvalue weighted by atomic mass is 35.7. The molecule has 0 spiro atoms. The van der Waals surface area contributed by atoms with Crippen molar-refractivity contribution in [3.8, 4) is 0 Å². The summed E-state index contributed by atoms with van der Waals surface area (Å²) < 4.78 is 36.8. The minimum atomic E-state index is -4.94. The maximum absolute atomic E-state index is 8.49. The second-order valence-corrected chi connectivity index (χ2v) is 6.27. The third-order valence-corrected chi connectivity index (χ3v) is 4.36. The quantitative estimate of drug-likeness (QED) is 0.530. The lowest BCUT2D eigenvalue weighted by atomic mass is 10.2. The highest BCUT2D eigenvalue weighted by Gasteiger charge is 2.11. The second-order valence-electron chi connectivity index (χ2n) is 3.29. The molecule has 3 rings (SSSR count). The van der Waals surface area contributed by atoms with Crippen LogP contribution in [0.4, 0.5) is 0 Å². The van der Waals surface area contributed by atoms with Crippen molar-refractivity contribution in [2.45, 2.75) is 0 Å². The second kappa shape index (κ2) is 5.41. The first kappa shape index (κ1) is 13.6. The molecule has 1 aromatic carbocycles. The van der Waals surface area contributed by atoms with Gasteiger partial charge >= 0.3 is 0 Å². The fourth-order valence-electron chi connectivity index (χ4n) is 1.52. The number of benzene rings is 1. The maximum Gasteiger partial charge on any atom is 0.285 e. The van der Waals surface area contributed by atoms with Gasteiger partial charge in [0.15, 0.2) is 0 Å². The van der Waals surface area contributed by atoms with Crippen molar-refractivity contribution in [2.75, 3.05) is 0 Å². The van der Waals surface area contributed by atoms with Gasteiger partial charge in [0.1, 0.15) is 4.70 Å². The lowest BCUT2D eigenvalue weighted by molar-refractivity contribution is -2.00. The van der Waals surface area contributed by atoms with E-state index in [0.29, 0.717) is 0 Å². The largest absolute Gasteiger partial charge is 0.285 e. The third kappa shape index (κ3) is 3.56. The average Bonchev–Trinajstić information content (AvgIpc) is 2.65. The van der Waals surface area contributed by atoms with Crippen molar-refractivity contribution in [2.24, 2.45) is 0 Å². The number of fused-ring (bicyclic) bond motifs is 3. The van der Waals surface area contributed by atoms with Gasteiger partial charge in [-0.1, -0.05) is 18.2 Å². The molecule has 0 aliphatic carbocycles. The SMILES string of the molecule is [O-][Cl+3]([O-])([O-])[O-].c1ccc2c(c1)sc1[s+]cccc12. The Morgan fingerprint density at radius 1 is 0.889 bits per heavy atom. The van der Waals surface area contributed by atoms with E-state index in [0.717, 1.165) is 0 Å². The first-order valence-corrected chi connectivity index (χ1v) is 7.68. The van der Waals surface area contributed by atoms with Crippen molar-refractivity contribution in [1.82, 2.24) is 0 Å². The molecular weight excluding hydrogens is 296 g/mol. The zero-order valence-electron chi connectivity index (χ0n) is 8.87. The zero-order valence-corrected chi connectivity index (χ0v) is 11.3. The summed E-state index contributed by atoms with van der Waals surface area (Å²) in [6.07, 6.45) is 0. The zero-order chi connectivity index (χ0) is 13.2. The van der Waals surface area contributed by atoms with Crippen LogP contribution in [0.25, 0.3) is 19.5 Å². The van der Waals surface area contributed by atoms with Gasteiger partial charge in [-0.2, -0.15) is 0 Å². The van der Waals surface area contributed by atoms with E-state index in [1.807, 2.05) is 22.7 Å². The molecule has 7 heteroatoms. The number of hydrogen-bond donors (Lipinski definition) is 0. The summed E-state index contributed by atoms with van der Waals surface area (Å²) in [6, 6.07) is 12.9. The van der Waals surface area contributed by atoms with Crippen LogP contribution in [-0.4, -0.2) is 0 Å². The normalized spacial score (nSPS) is 11.3. The molecule has 0 unspecified atom stereocenters. The molecule has 2 aromatic heterocycles. The molecule has 0 atom stereocenters. The number of halogens is 1. The minimum absolute atomic E-state index is 1.39. The first-order chi connectivity index (χ1) is 8.45. The van der Waals surface area contributed by atoms with Crippen LogP contribution in [0.2, 0.25) is 0 Å². The molecule has 18 heavy (non-hydrogen) atoms. The summed E-state index contributed by atoms with van der Waals surface area (Å²) in [4.78, 5) is 0. The monoisotopic (exact) mass is 302 g/mol. The van der Waals surface area contributed by atoms with Crippen LogP contribution in [0, 0.1) is 10.2 Å². The van der Waals surface area contributed by atoms with Crippen molar-refractivity contribution in [1.29, 1.82) is 0 Å². The Morgan fingerprint density at radius 3 is 2.22 bits per heavy atom. The predicted molar refractivity (Wildman–Crippen MR) is 61.6 cm³/mol. The van der Waals surface area contributed by atoms with Crippen molar-refractivity contribution < 1.29 is 28.9 Å². The molecule has 0 fully saturated rings. The van der Waals surface area contributed by atoms with Crippen molar-refractivity contribution >= 4 is 42.2 Å². The van der Waals surface area contributed by atoms with E-state index in [2.05, 4.69) is 41.8 Å². The number of thiophene rings is 1. The van der Waals surface area contributed by atoms with Crippen LogP contribution in [0.3, 0.4) is 0 Å². The molecule has 0 aliphatic rings. The van der Waals surface area contributed by atoms with Gasteiger partial charge in [0.25, 0.3) is 4.01 Å². The van der Waals surface area contributed by atoms with Gasteiger partial charge in [-0.3, -0.25) is 0 Å². The topological polar surface area (TPSA) is 92.2 Å². The summed E-state index contributed by atoms with van der Waals surface area (Å²) in [5, 5.41) is 4.92. The Morgan fingerprint density at radius 2 is 1.50 bits per heavy atom. The molecule has 4 nitrogen and oxygen atoms in total. The molecule has 0 amide bonds. The van der Waals surface area contributed by atoms with Gasteiger partial charge in [0.2, 0.25) is 0 Å². The van der Waals surface area contributed by atoms with Gasteiger partial charge in [0.05, 0.1) is 33.4 Å². The van der Waals surface area contributed by atoms with Gasteiger partial charge in [-0.05, 0) is 18.2 Å². The lowest BCUT2D eigenvalue weighted by Gasteiger charge is -2.17. The standard InChI is InChI=1S/C11H7S2.ClHO4/c1-2-6-10-8(4-1)9-5-3-7-12-11(9)13-10;2-1(3,4)5/h1-7H;(H,2,3,4,5)/q+1;/p-1. The molecule has 0 saturated carbocycles. The fourth-order valence-corrected chi connectivity index (χ4v) is 3.66. The molecule has 0 radical (unpaired) electrons. The summed E-state index contributed by atoms with van der Waals surface area (Å²) in [7, 11) is -4.94. The lowest BCUT2D eigenvalue weighted by Crippen LogP contribution is -2.68. The fraction of sp³-hybridized carbons (Fsp3) is 0. The Labute approximate surface area is 113 Å². The van der Waals surface area contributed by atoms with Crippen LogP contribution in [0.1, 0.15) is 0 Å². The van der Waals surface area contributed by atoms with E-state index in [9.17, 15) is 0 Å². The maximum atomic E-state index is 8.49.